The Balaban J connectivity index is 1.85. The number of hydrogen-bond donors (Lipinski definition) is 0. The van der Waals surface area contributed by atoms with Crippen LogP contribution >= 0.6 is 0 Å². The second kappa shape index (κ2) is 10.6. The van der Waals surface area contributed by atoms with Crippen LogP contribution in [0.25, 0.3) is 0 Å². The van der Waals surface area contributed by atoms with Crippen LogP contribution in [0.4, 0.5) is 0 Å². The molecule has 0 aliphatic carbocycles. The van der Waals surface area contributed by atoms with Crippen LogP contribution in [0, 0.1) is 0 Å². The molecular weight excluding hydrogens is 296 g/mol. The Labute approximate surface area is 145 Å². The van der Waals surface area contributed by atoms with Gasteiger partial charge in [0.15, 0.2) is 0 Å². The van der Waals surface area contributed by atoms with Gasteiger partial charge < -0.3 is 9.47 Å². The lowest BCUT2D eigenvalue weighted by atomic mass is 10.1. The molecule has 24 heavy (non-hydrogen) atoms. The maximum absolute atomic E-state index is 6.01. The molecule has 2 nitrogen and oxygen atoms in total. The molecule has 0 N–H and O–H groups in total. The van der Waals surface area contributed by atoms with E-state index in [-0.39, 0.29) is 12.2 Å². The third-order valence-corrected chi connectivity index (χ3v) is 3.83. The summed E-state index contributed by atoms with van der Waals surface area (Å²) in [4.78, 5) is 0. The van der Waals surface area contributed by atoms with E-state index in [4.69, 9.17) is 9.47 Å². The van der Waals surface area contributed by atoms with E-state index in [1.807, 2.05) is 48.6 Å². The van der Waals surface area contributed by atoms with Crippen molar-refractivity contribution in [3.05, 3.63) is 97.1 Å². The average Bonchev–Trinajstić information content (AvgIpc) is 2.64. The van der Waals surface area contributed by atoms with Crippen molar-refractivity contribution in [1.82, 2.24) is 0 Å². The summed E-state index contributed by atoms with van der Waals surface area (Å²) in [5, 5.41) is 0. The molecule has 2 aromatic carbocycles. The van der Waals surface area contributed by atoms with Crippen LogP contribution in [0.3, 0.4) is 0 Å². The standard InChI is InChI=1S/C22H26O2/c1-3-11-21(19-13-7-5-8-14-19)23-17-18-24-22(12-4-2)20-15-9-6-10-16-20/h3-10,13-16,21-22H,1-2,11-12,17-18H2. The Morgan fingerprint density at radius 3 is 1.38 bits per heavy atom. The Morgan fingerprint density at radius 2 is 1.04 bits per heavy atom. The second-order valence-corrected chi connectivity index (χ2v) is 5.59. The molecule has 2 unspecified atom stereocenters. The molecule has 0 fully saturated rings. The van der Waals surface area contributed by atoms with Crippen molar-refractivity contribution >= 4 is 0 Å². The van der Waals surface area contributed by atoms with Gasteiger partial charge in [-0.05, 0) is 24.0 Å². The highest BCUT2D eigenvalue weighted by atomic mass is 16.5. The van der Waals surface area contributed by atoms with Crippen LogP contribution in [0.2, 0.25) is 0 Å². The van der Waals surface area contributed by atoms with Gasteiger partial charge >= 0.3 is 0 Å². The van der Waals surface area contributed by atoms with Crippen LogP contribution < -0.4 is 0 Å². The molecule has 0 saturated heterocycles. The summed E-state index contributed by atoms with van der Waals surface area (Å²) in [6, 6.07) is 20.5. The summed E-state index contributed by atoms with van der Waals surface area (Å²) in [5.41, 5.74) is 2.34. The van der Waals surface area contributed by atoms with Crippen molar-refractivity contribution in [3.8, 4) is 0 Å². The molecule has 2 atom stereocenters. The Bertz CT molecular complexity index is 536. The van der Waals surface area contributed by atoms with Gasteiger partial charge in [-0.3, -0.25) is 0 Å². The lowest BCUT2D eigenvalue weighted by Crippen LogP contribution is -2.12. The monoisotopic (exact) mass is 322 g/mol. The van der Waals surface area contributed by atoms with Crippen LogP contribution in [-0.4, -0.2) is 13.2 Å². The molecule has 0 aromatic heterocycles. The van der Waals surface area contributed by atoms with Gasteiger partial charge in [-0.15, -0.1) is 13.2 Å². The van der Waals surface area contributed by atoms with Gasteiger partial charge in [-0.2, -0.15) is 0 Å². The first kappa shape index (κ1) is 18.2. The largest absolute Gasteiger partial charge is 0.371 e. The maximum atomic E-state index is 6.01. The normalized spacial score (nSPS) is 13.2. The maximum Gasteiger partial charge on any atom is 0.0860 e. The predicted molar refractivity (Wildman–Crippen MR) is 99.9 cm³/mol. The van der Waals surface area contributed by atoms with E-state index in [2.05, 4.69) is 37.4 Å². The van der Waals surface area contributed by atoms with E-state index < -0.39 is 0 Å². The fourth-order valence-corrected chi connectivity index (χ4v) is 2.62. The molecule has 0 heterocycles. The third-order valence-electron chi connectivity index (χ3n) is 3.83. The zero-order valence-electron chi connectivity index (χ0n) is 14.1. The molecule has 0 bridgehead atoms. The minimum Gasteiger partial charge on any atom is -0.371 e. The lowest BCUT2D eigenvalue weighted by Gasteiger charge is -2.20. The van der Waals surface area contributed by atoms with Gasteiger partial charge in [0, 0.05) is 0 Å². The summed E-state index contributed by atoms with van der Waals surface area (Å²) < 4.78 is 12.0. The van der Waals surface area contributed by atoms with Gasteiger partial charge in [0.2, 0.25) is 0 Å². The molecule has 0 saturated carbocycles. The summed E-state index contributed by atoms with van der Waals surface area (Å²) >= 11 is 0. The number of ether oxygens (including phenoxy) is 2. The van der Waals surface area contributed by atoms with Crippen molar-refractivity contribution in [3.63, 3.8) is 0 Å². The molecule has 126 valence electrons. The van der Waals surface area contributed by atoms with E-state index in [9.17, 15) is 0 Å². The highest BCUT2D eigenvalue weighted by Crippen LogP contribution is 2.23. The van der Waals surface area contributed by atoms with Gasteiger partial charge in [0.05, 0.1) is 25.4 Å². The Morgan fingerprint density at radius 1 is 0.667 bits per heavy atom. The van der Waals surface area contributed by atoms with Crippen molar-refractivity contribution < 1.29 is 9.47 Å². The van der Waals surface area contributed by atoms with Crippen LogP contribution in [0.1, 0.15) is 36.2 Å². The van der Waals surface area contributed by atoms with E-state index >= 15 is 0 Å². The Hall–Kier alpha value is -2.16. The highest BCUT2D eigenvalue weighted by molar-refractivity contribution is 5.19. The predicted octanol–water partition coefficient (Wildman–Crippen LogP) is 5.65. The minimum absolute atomic E-state index is 0.0295. The fraction of sp³-hybridized carbons (Fsp3) is 0.273. The summed E-state index contributed by atoms with van der Waals surface area (Å²) in [6.45, 7) is 8.75. The average molecular weight is 322 g/mol. The Kier molecular flexibility index (Phi) is 8.02. The van der Waals surface area contributed by atoms with Gasteiger partial charge in [0.1, 0.15) is 0 Å². The van der Waals surface area contributed by atoms with E-state index in [0.29, 0.717) is 13.2 Å². The first-order valence-corrected chi connectivity index (χ1v) is 8.40. The quantitative estimate of drug-likeness (QED) is 0.393. The molecule has 0 radical (unpaired) electrons. The van der Waals surface area contributed by atoms with Crippen molar-refractivity contribution in [2.45, 2.75) is 25.0 Å². The molecular formula is C22H26O2. The van der Waals surface area contributed by atoms with Crippen molar-refractivity contribution in [2.24, 2.45) is 0 Å². The summed E-state index contributed by atoms with van der Waals surface area (Å²) in [5.74, 6) is 0. The molecule has 2 aromatic rings. The first-order valence-electron chi connectivity index (χ1n) is 8.40. The third kappa shape index (κ3) is 5.80. The first-order chi connectivity index (χ1) is 11.8. The molecule has 2 rings (SSSR count). The zero-order valence-corrected chi connectivity index (χ0v) is 14.1. The number of hydrogen-bond acceptors (Lipinski definition) is 2. The van der Waals surface area contributed by atoms with Gasteiger partial charge in [-0.1, -0.05) is 72.8 Å². The van der Waals surface area contributed by atoms with Crippen molar-refractivity contribution in [1.29, 1.82) is 0 Å². The van der Waals surface area contributed by atoms with E-state index in [0.717, 1.165) is 12.8 Å². The molecule has 0 aliphatic heterocycles. The topological polar surface area (TPSA) is 18.5 Å². The van der Waals surface area contributed by atoms with Gasteiger partial charge in [0.25, 0.3) is 0 Å². The van der Waals surface area contributed by atoms with Crippen LogP contribution in [-0.2, 0) is 9.47 Å². The lowest BCUT2D eigenvalue weighted by molar-refractivity contribution is -0.0222. The number of rotatable bonds is 11. The SMILES string of the molecule is C=CCC(OCCOC(CC=C)c1ccccc1)c1ccccc1. The highest BCUT2D eigenvalue weighted by Gasteiger charge is 2.12. The number of benzene rings is 2. The molecule has 0 aliphatic rings. The van der Waals surface area contributed by atoms with Crippen LogP contribution in [0.15, 0.2) is 86.0 Å². The van der Waals surface area contributed by atoms with Crippen molar-refractivity contribution in [2.75, 3.05) is 13.2 Å². The molecule has 2 heteroatoms. The van der Waals surface area contributed by atoms with Crippen LogP contribution in [0.5, 0.6) is 0 Å². The van der Waals surface area contributed by atoms with E-state index in [1.54, 1.807) is 0 Å². The second-order valence-electron chi connectivity index (χ2n) is 5.59. The minimum atomic E-state index is 0.0295. The summed E-state index contributed by atoms with van der Waals surface area (Å²) in [7, 11) is 0. The molecule has 0 spiro atoms. The summed E-state index contributed by atoms with van der Waals surface area (Å²) in [6.07, 6.45) is 5.42. The fourth-order valence-electron chi connectivity index (χ4n) is 2.62. The smallest absolute Gasteiger partial charge is 0.0860 e. The van der Waals surface area contributed by atoms with Gasteiger partial charge in [-0.25, -0.2) is 0 Å². The zero-order chi connectivity index (χ0) is 17.0. The van der Waals surface area contributed by atoms with E-state index in [1.165, 1.54) is 11.1 Å². The molecule has 0 amide bonds.